The van der Waals surface area contributed by atoms with Gasteiger partial charge >= 0.3 is 5.97 Å². The smallest absolute Gasteiger partial charge is 0.306 e. The van der Waals surface area contributed by atoms with Gasteiger partial charge in [-0.25, -0.2) is 0 Å². The summed E-state index contributed by atoms with van der Waals surface area (Å²) in [7, 11) is 1.49. The van der Waals surface area contributed by atoms with Crippen molar-refractivity contribution >= 4 is 17.7 Å². The highest BCUT2D eigenvalue weighted by atomic mass is 32.2. The summed E-state index contributed by atoms with van der Waals surface area (Å²) < 4.78 is 4.80. The lowest BCUT2D eigenvalue weighted by atomic mass is 10.0. The van der Waals surface area contributed by atoms with Gasteiger partial charge in [0.05, 0.1) is 13.5 Å². The molecule has 2 aliphatic rings. The second-order valence-corrected chi connectivity index (χ2v) is 7.55. The molecule has 4 heteroatoms. The maximum Gasteiger partial charge on any atom is 0.306 e. The summed E-state index contributed by atoms with van der Waals surface area (Å²) in [6.07, 6.45) is 8.51. The highest BCUT2D eigenvalue weighted by Gasteiger charge is 2.44. The Morgan fingerprint density at radius 1 is 1.40 bits per heavy atom. The van der Waals surface area contributed by atoms with Crippen molar-refractivity contribution in [2.45, 2.75) is 57.9 Å². The summed E-state index contributed by atoms with van der Waals surface area (Å²) >= 11 is 2.05. The Morgan fingerprint density at radius 2 is 2.20 bits per heavy atom. The molecule has 2 aliphatic carbocycles. The van der Waals surface area contributed by atoms with Gasteiger partial charge in [0.25, 0.3) is 0 Å². The minimum absolute atomic E-state index is 0.0360. The van der Waals surface area contributed by atoms with Crippen LogP contribution < -0.4 is 5.32 Å². The van der Waals surface area contributed by atoms with E-state index in [0.29, 0.717) is 6.42 Å². The summed E-state index contributed by atoms with van der Waals surface area (Å²) in [6.45, 7) is 3.30. The Balaban J connectivity index is 1.60. The first-order valence-electron chi connectivity index (χ1n) is 8.07. The van der Waals surface area contributed by atoms with Gasteiger partial charge in [0, 0.05) is 6.04 Å². The van der Waals surface area contributed by atoms with E-state index in [1.807, 2.05) is 11.8 Å². The molecule has 2 fully saturated rings. The van der Waals surface area contributed by atoms with Crippen LogP contribution in [0.3, 0.4) is 0 Å². The molecule has 116 valence electrons. The van der Waals surface area contributed by atoms with Crippen LogP contribution in [0.2, 0.25) is 0 Å². The summed E-state index contributed by atoms with van der Waals surface area (Å²) in [5.41, 5.74) is 0.286. The van der Waals surface area contributed by atoms with Gasteiger partial charge in [0.1, 0.15) is 0 Å². The number of carbonyl (C=O) groups excluding carboxylic acids is 1. The molecule has 2 rings (SSSR count). The largest absolute Gasteiger partial charge is 0.469 e. The fourth-order valence-corrected chi connectivity index (χ4v) is 4.80. The number of nitrogens with one attached hydrogen (secondary N) is 1. The number of ether oxygens (including phenoxy) is 1. The van der Waals surface area contributed by atoms with Crippen molar-refractivity contribution in [3.8, 4) is 0 Å². The van der Waals surface area contributed by atoms with E-state index in [2.05, 4.69) is 12.2 Å². The molecule has 0 heterocycles. The van der Waals surface area contributed by atoms with E-state index in [9.17, 15) is 4.79 Å². The van der Waals surface area contributed by atoms with Crippen LogP contribution in [0.5, 0.6) is 0 Å². The predicted octanol–water partition coefficient (Wildman–Crippen LogP) is 3.23. The Kier molecular flexibility index (Phi) is 6.21. The predicted molar refractivity (Wildman–Crippen MR) is 85.0 cm³/mol. The zero-order chi connectivity index (χ0) is 14.4. The first-order valence-corrected chi connectivity index (χ1v) is 9.22. The molecule has 0 saturated heterocycles. The normalized spacial score (nSPS) is 27.5. The number of thioether (sulfide) groups is 1. The molecule has 0 spiro atoms. The van der Waals surface area contributed by atoms with E-state index >= 15 is 0 Å². The van der Waals surface area contributed by atoms with E-state index in [4.69, 9.17) is 4.74 Å². The topological polar surface area (TPSA) is 38.3 Å². The van der Waals surface area contributed by atoms with Crippen LogP contribution in [0, 0.1) is 11.3 Å². The number of hydrogen-bond donors (Lipinski definition) is 1. The molecular formula is C16H29NO2S. The number of hydrogen-bond acceptors (Lipinski definition) is 4. The van der Waals surface area contributed by atoms with Crippen molar-refractivity contribution < 1.29 is 9.53 Å². The number of esters is 1. The molecule has 0 aromatic heterocycles. The third kappa shape index (κ3) is 4.66. The van der Waals surface area contributed by atoms with Crippen LogP contribution in [-0.2, 0) is 9.53 Å². The highest BCUT2D eigenvalue weighted by molar-refractivity contribution is 7.99. The Labute approximate surface area is 127 Å². The SMILES string of the molecule is CCNC1CCCC1CCSCC1(CC(=O)OC)CC1. The molecule has 0 aliphatic heterocycles. The first kappa shape index (κ1) is 16.2. The molecule has 2 saturated carbocycles. The van der Waals surface area contributed by atoms with Gasteiger partial charge in [-0.3, -0.25) is 4.79 Å². The van der Waals surface area contributed by atoms with Crippen LogP contribution in [0.25, 0.3) is 0 Å². The van der Waals surface area contributed by atoms with Gasteiger partial charge in [-0.2, -0.15) is 11.8 Å². The molecule has 0 bridgehead atoms. The summed E-state index contributed by atoms with van der Waals surface area (Å²) in [5, 5.41) is 3.63. The van der Waals surface area contributed by atoms with Crippen LogP contribution in [0.15, 0.2) is 0 Å². The monoisotopic (exact) mass is 299 g/mol. The third-order valence-electron chi connectivity index (χ3n) is 4.87. The van der Waals surface area contributed by atoms with Crippen molar-refractivity contribution in [2.75, 3.05) is 25.2 Å². The molecule has 0 aromatic rings. The zero-order valence-corrected chi connectivity index (χ0v) is 13.8. The Bertz CT molecular complexity index is 318. The molecule has 3 nitrogen and oxygen atoms in total. The van der Waals surface area contributed by atoms with Crippen LogP contribution in [-0.4, -0.2) is 37.2 Å². The average molecular weight is 299 g/mol. The van der Waals surface area contributed by atoms with Gasteiger partial charge in [-0.05, 0) is 61.5 Å². The Hall–Kier alpha value is -0.220. The number of rotatable bonds is 9. The van der Waals surface area contributed by atoms with E-state index in [1.54, 1.807) is 0 Å². The van der Waals surface area contributed by atoms with Gasteiger partial charge < -0.3 is 10.1 Å². The fraction of sp³-hybridized carbons (Fsp3) is 0.938. The first-order chi connectivity index (χ1) is 9.69. The van der Waals surface area contributed by atoms with Crippen molar-refractivity contribution in [2.24, 2.45) is 11.3 Å². The molecule has 2 unspecified atom stereocenters. The van der Waals surface area contributed by atoms with E-state index in [1.165, 1.54) is 51.4 Å². The van der Waals surface area contributed by atoms with Gasteiger partial charge in [-0.15, -0.1) is 0 Å². The maximum atomic E-state index is 11.4. The van der Waals surface area contributed by atoms with Crippen LogP contribution in [0.4, 0.5) is 0 Å². The van der Waals surface area contributed by atoms with Gasteiger partial charge in [-0.1, -0.05) is 13.3 Å². The second kappa shape index (κ2) is 7.69. The lowest BCUT2D eigenvalue weighted by Gasteiger charge is -2.20. The molecule has 1 N–H and O–H groups in total. The Morgan fingerprint density at radius 3 is 2.85 bits per heavy atom. The quantitative estimate of drug-likeness (QED) is 0.524. The third-order valence-corrected chi connectivity index (χ3v) is 6.21. The molecule has 0 radical (unpaired) electrons. The lowest BCUT2D eigenvalue weighted by Crippen LogP contribution is -2.32. The fourth-order valence-electron chi connectivity index (χ4n) is 3.36. The number of carbonyl (C=O) groups is 1. The van der Waals surface area contributed by atoms with Crippen molar-refractivity contribution in [3.63, 3.8) is 0 Å². The summed E-state index contributed by atoms with van der Waals surface area (Å²) in [6, 6.07) is 0.755. The molecular weight excluding hydrogens is 270 g/mol. The van der Waals surface area contributed by atoms with Gasteiger partial charge in [0.15, 0.2) is 0 Å². The number of methoxy groups -OCH3 is 1. The average Bonchev–Trinajstić information content (AvgIpc) is 3.06. The van der Waals surface area contributed by atoms with Crippen LogP contribution >= 0.6 is 11.8 Å². The molecule has 0 amide bonds. The molecule has 20 heavy (non-hydrogen) atoms. The lowest BCUT2D eigenvalue weighted by molar-refractivity contribution is -0.141. The minimum atomic E-state index is -0.0360. The highest BCUT2D eigenvalue weighted by Crippen LogP contribution is 2.51. The summed E-state index contributed by atoms with van der Waals surface area (Å²) in [5.74, 6) is 3.22. The second-order valence-electron chi connectivity index (χ2n) is 6.45. The molecule has 0 aromatic carbocycles. The van der Waals surface area contributed by atoms with E-state index < -0.39 is 0 Å². The summed E-state index contributed by atoms with van der Waals surface area (Å²) in [4.78, 5) is 11.4. The maximum absolute atomic E-state index is 11.4. The van der Waals surface area contributed by atoms with E-state index in [0.717, 1.165) is 24.3 Å². The van der Waals surface area contributed by atoms with Crippen LogP contribution in [0.1, 0.15) is 51.9 Å². The van der Waals surface area contributed by atoms with Gasteiger partial charge in [0.2, 0.25) is 0 Å². The minimum Gasteiger partial charge on any atom is -0.469 e. The standard InChI is InChI=1S/C16H29NO2S/c1-3-17-14-6-4-5-13(14)7-10-20-12-16(8-9-16)11-15(18)19-2/h13-14,17H,3-12H2,1-2H3. The zero-order valence-electron chi connectivity index (χ0n) is 13.0. The van der Waals surface area contributed by atoms with Crippen molar-refractivity contribution in [3.05, 3.63) is 0 Å². The van der Waals surface area contributed by atoms with Crippen molar-refractivity contribution in [1.82, 2.24) is 5.32 Å². The van der Waals surface area contributed by atoms with Crippen molar-refractivity contribution in [1.29, 1.82) is 0 Å². The molecule has 2 atom stereocenters. The van der Waals surface area contributed by atoms with E-state index in [-0.39, 0.29) is 11.4 Å².